The van der Waals surface area contributed by atoms with Crippen molar-refractivity contribution in [1.29, 1.82) is 0 Å². The number of fused-ring (bicyclic) bond motifs is 1. The highest BCUT2D eigenvalue weighted by atomic mass is 32.2. The molecular formula is C19H20N2O6S. The second-order valence-electron chi connectivity index (χ2n) is 5.74. The summed E-state index contributed by atoms with van der Waals surface area (Å²) in [4.78, 5) is 14.0. The van der Waals surface area contributed by atoms with Gasteiger partial charge in [0.2, 0.25) is 0 Å². The van der Waals surface area contributed by atoms with Crippen molar-refractivity contribution in [2.75, 3.05) is 19.8 Å². The average Bonchev–Trinajstić information content (AvgIpc) is 2.71. The maximum atomic E-state index is 12.2. The van der Waals surface area contributed by atoms with Crippen LogP contribution in [-0.2, 0) is 14.8 Å². The summed E-state index contributed by atoms with van der Waals surface area (Å²) in [6.45, 7) is 3.28. The Balaban J connectivity index is 1.57. The number of ether oxygens (including phenoxy) is 3. The van der Waals surface area contributed by atoms with E-state index in [-0.39, 0.29) is 4.90 Å². The van der Waals surface area contributed by atoms with Crippen molar-refractivity contribution in [3.05, 3.63) is 54.1 Å². The number of nitrogens with one attached hydrogen (secondary N) is 2. The zero-order valence-electron chi connectivity index (χ0n) is 15.2. The second-order valence-corrected chi connectivity index (χ2v) is 7.42. The van der Waals surface area contributed by atoms with Gasteiger partial charge in [-0.05, 0) is 55.0 Å². The molecule has 1 aliphatic rings. The molecule has 3 rings (SSSR count). The molecule has 0 saturated carbocycles. The van der Waals surface area contributed by atoms with E-state index >= 15 is 0 Å². The van der Waals surface area contributed by atoms with Crippen LogP contribution in [0.5, 0.6) is 17.2 Å². The van der Waals surface area contributed by atoms with Gasteiger partial charge in [0.15, 0.2) is 11.5 Å². The average molecular weight is 404 g/mol. The molecule has 148 valence electrons. The Morgan fingerprint density at radius 3 is 2.54 bits per heavy atom. The Morgan fingerprint density at radius 2 is 1.82 bits per heavy atom. The Hall–Kier alpha value is -3.04. The van der Waals surface area contributed by atoms with Crippen LogP contribution in [0, 0.1) is 0 Å². The van der Waals surface area contributed by atoms with Crippen molar-refractivity contribution in [1.82, 2.24) is 10.3 Å². The van der Waals surface area contributed by atoms with E-state index in [1.54, 1.807) is 36.4 Å². The van der Waals surface area contributed by atoms with Gasteiger partial charge in [-0.25, -0.2) is 8.42 Å². The van der Waals surface area contributed by atoms with E-state index in [0.717, 1.165) is 0 Å². The number of hydrazine groups is 1. The summed E-state index contributed by atoms with van der Waals surface area (Å²) in [7, 11) is -3.89. The highest BCUT2D eigenvalue weighted by Gasteiger charge is 2.15. The number of rotatable bonds is 7. The zero-order valence-corrected chi connectivity index (χ0v) is 16.0. The van der Waals surface area contributed by atoms with Crippen LogP contribution < -0.4 is 24.5 Å². The standard InChI is InChI=1S/C19H20N2O6S/c1-2-25-15-5-7-16(8-6-15)28(23,24)21-20-19(22)10-4-14-3-9-17-18(13-14)27-12-11-26-17/h3-10,13,21H,2,11-12H2,1H3,(H,20,22)/b10-4+. The Bertz CT molecular complexity index is 970. The molecule has 0 bridgehead atoms. The molecule has 2 aromatic rings. The van der Waals surface area contributed by atoms with Gasteiger partial charge in [0, 0.05) is 6.08 Å². The minimum absolute atomic E-state index is 0.00655. The first-order valence-corrected chi connectivity index (χ1v) is 10.1. The van der Waals surface area contributed by atoms with Gasteiger partial charge < -0.3 is 14.2 Å². The molecule has 2 N–H and O–H groups in total. The first kappa shape index (κ1) is 19.7. The van der Waals surface area contributed by atoms with Crippen molar-refractivity contribution >= 4 is 22.0 Å². The van der Waals surface area contributed by atoms with Crippen molar-refractivity contribution in [2.24, 2.45) is 0 Å². The third-order valence-corrected chi connectivity index (χ3v) is 5.01. The largest absolute Gasteiger partial charge is 0.494 e. The normalized spacial score (nSPS) is 13.3. The molecule has 0 spiro atoms. The van der Waals surface area contributed by atoms with Crippen LogP contribution in [0.4, 0.5) is 0 Å². The first-order chi connectivity index (χ1) is 13.5. The lowest BCUT2D eigenvalue weighted by atomic mass is 10.2. The lowest BCUT2D eigenvalue weighted by Gasteiger charge is -2.18. The van der Waals surface area contributed by atoms with Crippen LogP contribution in [0.15, 0.2) is 53.4 Å². The fraction of sp³-hybridized carbons (Fsp3) is 0.211. The molecule has 0 atom stereocenters. The lowest BCUT2D eigenvalue weighted by molar-refractivity contribution is -0.116. The predicted molar refractivity (Wildman–Crippen MR) is 103 cm³/mol. The van der Waals surface area contributed by atoms with Crippen LogP contribution in [0.3, 0.4) is 0 Å². The van der Waals surface area contributed by atoms with Crippen LogP contribution in [0.1, 0.15) is 12.5 Å². The molecule has 1 heterocycles. The third-order valence-electron chi connectivity index (χ3n) is 3.75. The topological polar surface area (TPSA) is 103 Å². The SMILES string of the molecule is CCOc1ccc(S(=O)(=O)NNC(=O)/C=C/c2ccc3c(c2)OCCO3)cc1. The quantitative estimate of drug-likeness (QED) is 0.540. The molecule has 0 radical (unpaired) electrons. The molecule has 0 aliphatic carbocycles. The number of carbonyl (C=O) groups is 1. The minimum Gasteiger partial charge on any atom is -0.494 e. The molecule has 1 aliphatic heterocycles. The summed E-state index contributed by atoms with van der Waals surface area (Å²) < 4.78 is 40.6. The summed E-state index contributed by atoms with van der Waals surface area (Å²) in [5, 5.41) is 0. The van der Waals surface area contributed by atoms with Gasteiger partial charge in [0.1, 0.15) is 19.0 Å². The van der Waals surface area contributed by atoms with Crippen molar-refractivity contribution in [3.63, 3.8) is 0 Å². The van der Waals surface area contributed by atoms with Crippen LogP contribution >= 0.6 is 0 Å². The zero-order chi connectivity index (χ0) is 20.0. The van der Waals surface area contributed by atoms with E-state index in [1.165, 1.54) is 18.2 Å². The fourth-order valence-corrected chi connectivity index (χ4v) is 3.28. The molecule has 1 amide bonds. The number of carbonyl (C=O) groups excluding carboxylic acids is 1. The summed E-state index contributed by atoms with van der Waals surface area (Å²) in [6.07, 6.45) is 2.75. The highest BCUT2D eigenvalue weighted by Crippen LogP contribution is 2.31. The Morgan fingerprint density at radius 1 is 1.11 bits per heavy atom. The smallest absolute Gasteiger partial charge is 0.258 e. The number of hydrogen-bond donors (Lipinski definition) is 2. The second kappa shape index (κ2) is 8.77. The molecule has 0 fully saturated rings. The summed E-state index contributed by atoms with van der Waals surface area (Å²) in [5.41, 5.74) is 2.86. The van der Waals surface area contributed by atoms with Gasteiger partial charge in [0.25, 0.3) is 15.9 Å². The van der Waals surface area contributed by atoms with E-state index in [2.05, 4.69) is 5.43 Å². The van der Waals surface area contributed by atoms with Gasteiger partial charge >= 0.3 is 0 Å². The van der Waals surface area contributed by atoms with E-state index in [0.29, 0.717) is 42.6 Å². The highest BCUT2D eigenvalue weighted by molar-refractivity contribution is 7.89. The van der Waals surface area contributed by atoms with Gasteiger partial charge in [-0.1, -0.05) is 6.07 Å². The van der Waals surface area contributed by atoms with E-state index in [4.69, 9.17) is 14.2 Å². The van der Waals surface area contributed by atoms with Gasteiger partial charge in [-0.2, -0.15) is 0 Å². The maximum absolute atomic E-state index is 12.2. The predicted octanol–water partition coefficient (Wildman–Crippen LogP) is 1.88. The lowest BCUT2D eigenvalue weighted by Crippen LogP contribution is -2.40. The van der Waals surface area contributed by atoms with Gasteiger partial charge in [0.05, 0.1) is 11.5 Å². The van der Waals surface area contributed by atoms with Gasteiger partial charge in [-0.15, -0.1) is 4.83 Å². The molecule has 0 unspecified atom stereocenters. The summed E-state index contributed by atoms with van der Waals surface area (Å²) >= 11 is 0. The van der Waals surface area contributed by atoms with Gasteiger partial charge in [-0.3, -0.25) is 10.2 Å². The van der Waals surface area contributed by atoms with E-state index < -0.39 is 15.9 Å². The molecular weight excluding hydrogens is 384 g/mol. The molecule has 0 aromatic heterocycles. The molecule has 0 saturated heterocycles. The summed E-state index contributed by atoms with van der Waals surface area (Å²) in [5.74, 6) is 1.19. The molecule has 9 heteroatoms. The van der Waals surface area contributed by atoms with Crippen LogP contribution in [0.2, 0.25) is 0 Å². The molecule has 28 heavy (non-hydrogen) atoms. The van der Waals surface area contributed by atoms with Crippen LogP contribution in [0.25, 0.3) is 6.08 Å². The minimum atomic E-state index is -3.89. The fourth-order valence-electron chi connectivity index (χ4n) is 2.44. The molecule has 8 nitrogen and oxygen atoms in total. The third kappa shape index (κ3) is 5.02. The van der Waals surface area contributed by atoms with Crippen LogP contribution in [-0.4, -0.2) is 34.1 Å². The first-order valence-electron chi connectivity index (χ1n) is 8.60. The van der Waals surface area contributed by atoms with Crippen molar-refractivity contribution < 1.29 is 27.4 Å². The van der Waals surface area contributed by atoms with Crippen molar-refractivity contribution in [3.8, 4) is 17.2 Å². The van der Waals surface area contributed by atoms with E-state index in [1.807, 2.05) is 11.8 Å². The number of amides is 1. The number of benzene rings is 2. The Labute approximate surface area is 163 Å². The Kier molecular flexibility index (Phi) is 6.17. The maximum Gasteiger partial charge on any atom is 0.258 e. The monoisotopic (exact) mass is 404 g/mol. The summed E-state index contributed by atoms with van der Waals surface area (Å²) in [6, 6.07) is 11.1. The van der Waals surface area contributed by atoms with Crippen molar-refractivity contribution in [2.45, 2.75) is 11.8 Å². The molecule has 2 aromatic carbocycles. The number of sulfonamides is 1. The van der Waals surface area contributed by atoms with E-state index in [9.17, 15) is 13.2 Å². The number of hydrogen-bond acceptors (Lipinski definition) is 6.